The van der Waals surface area contributed by atoms with Gasteiger partial charge in [-0.2, -0.15) is 0 Å². The van der Waals surface area contributed by atoms with Crippen LogP contribution in [-0.2, 0) is 11.3 Å². The van der Waals surface area contributed by atoms with Crippen molar-refractivity contribution in [1.29, 1.82) is 0 Å². The third-order valence-electron chi connectivity index (χ3n) is 6.75. The van der Waals surface area contributed by atoms with E-state index in [0.717, 1.165) is 68.5 Å². The van der Waals surface area contributed by atoms with Gasteiger partial charge in [-0.3, -0.25) is 4.90 Å². The number of nitrogens with zero attached hydrogens (tertiary/aromatic N) is 6. The lowest BCUT2D eigenvalue weighted by atomic mass is 10.0. The van der Waals surface area contributed by atoms with E-state index in [1.54, 1.807) is 14.2 Å². The molecular weight excluding hydrogens is 432 g/mol. The first-order valence-corrected chi connectivity index (χ1v) is 11.9. The van der Waals surface area contributed by atoms with Gasteiger partial charge in [-0.15, -0.1) is 5.10 Å². The van der Waals surface area contributed by atoms with Crippen molar-refractivity contribution in [1.82, 2.24) is 25.1 Å². The molecular formula is C25H32N6O3. The molecule has 9 nitrogen and oxygen atoms in total. The third-order valence-corrected chi connectivity index (χ3v) is 6.75. The average molecular weight is 465 g/mol. The van der Waals surface area contributed by atoms with Gasteiger partial charge in [-0.25, -0.2) is 4.68 Å². The molecule has 3 heterocycles. The number of methoxy groups -OCH3 is 2. The van der Waals surface area contributed by atoms with Crippen molar-refractivity contribution in [3.63, 3.8) is 0 Å². The average Bonchev–Trinajstić information content (AvgIpc) is 3.58. The summed E-state index contributed by atoms with van der Waals surface area (Å²) < 4.78 is 18.5. The summed E-state index contributed by atoms with van der Waals surface area (Å²) in [7, 11) is 3.38. The normalized spacial score (nSPS) is 19.8. The van der Waals surface area contributed by atoms with Crippen molar-refractivity contribution in [3.05, 3.63) is 59.9 Å². The molecule has 2 aromatic carbocycles. The third kappa shape index (κ3) is 4.85. The van der Waals surface area contributed by atoms with E-state index >= 15 is 0 Å². The number of rotatable bonds is 8. The highest BCUT2D eigenvalue weighted by atomic mass is 16.5. The Balaban J connectivity index is 1.37. The summed E-state index contributed by atoms with van der Waals surface area (Å²) in [6.45, 7) is 5.14. The van der Waals surface area contributed by atoms with Crippen LogP contribution in [0, 0.1) is 0 Å². The number of hydrogen-bond acceptors (Lipinski definition) is 8. The van der Waals surface area contributed by atoms with E-state index in [9.17, 15) is 0 Å². The van der Waals surface area contributed by atoms with Crippen LogP contribution in [0.1, 0.15) is 30.3 Å². The Morgan fingerprint density at radius 3 is 2.24 bits per heavy atom. The summed E-state index contributed by atoms with van der Waals surface area (Å²) in [6.07, 6.45) is 2.32. The van der Waals surface area contributed by atoms with E-state index in [1.165, 1.54) is 5.69 Å². The minimum atomic E-state index is -0.0414. The van der Waals surface area contributed by atoms with Crippen LogP contribution in [0.5, 0.6) is 11.5 Å². The number of anilines is 1. The molecule has 9 heteroatoms. The van der Waals surface area contributed by atoms with Gasteiger partial charge in [-0.1, -0.05) is 12.1 Å². The van der Waals surface area contributed by atoms with E-state index in [0.29, 0.717) is 6.54 Å². The second-order valence-electron chi connectivity index (χ2n) is 8.75. The Morgan fingerprint density at radius 2 is 1.62 bits per heavy atom. The second-order valence-corrected chi connectivity index (χ2v) is 8.75. The topological polar surface area (TPSA) is 77.8 Å². The molecule has 0 radical (unpaired) electrons. The zero-order chi connectivity index (χ0) is 23.3. The quantitative estimate of drug-likeness (QED) is 0.504. The fourth-order valence-electron chi connectivity index (χ4n) is 4.86. The number of piperazine rings is 1. The monoisotopic (exact) mass is 464 g/mol. The Morgan fingerprint density at radius 1 is 0.941 bits per heavy atom. The molecule has 0 N–H and O–H groups in total. The van der Waals surface area contributed by atoms with Gasteiger partial charge >= 0.3 is 0 Å². The molecule has 2 aliphatic rings. The van der Waals surface area contributed by atoms with Gasteiger partial charge in [0.15, 0.2) is 5.82 Å². The SMILES string of the molecule is COc1ccc([C@H](c2nnnn2C[C@H]2CCCO2)N2CCN(c3ccc(OC)cc3)CC2)cc1. The lowest BCUT2D eigenvalue weighted by molar-refractivity contribution is 0.0906. The Hall–Kier alpha value is -3.17. The van der Waals surface area contributed by atoms with Gasteiger partial charge in [0.05, 0.1) is 32.9 Å². The predicted molar refractivity (Wildman–Crippen MR) is 128 cm³/mol. The van der Waals surface area contributed by atoms with Crippen LogP contribution >= 0.6 is 0 Å². The van der Waals surface area contributed by atoms with Crippen molar-refractivity contribution >= 4 is 5.69 Å². The highest BCUT2D eigenvalue weighted by molar-refractivity contribution is 5.49. The summed E-state index contributed by atoms with van der Waals surface area (Å²) in [5.41, 5.74) is 2.37. The molecule has 2 atom stereocenters. The maximum atomic E-state index is 5.86. The molecule has 34 heavy (non-hydrogen) atoms. The van der Waals surface area contributed by atoms with Crippen molar-refractivity contribution in [2.24, 2.45) is 0 Å². The second kappa shape index (κ2) is 10.4. The fraction of sp³-hybridized carbons (Fsp3) is 0.480. The van der Waals surface area contributed by atoms with Crippen LogP contribution in [0.3, 0.4) is 0 Å². The van der Waals surface area contributed by atoms with E-state index in [-0.39, 0.29) is 12.1 Å². The Kier molecular flexibility index (Phi) is 6.92. The van der Waals surface area contributed by atoms with Crippen LogP contribution in [0.4, 0.5) is 5.69 Å². The van der Waals surface area contributed by atoms with Crippen LogP contribution in [0.25, 0.3) is 0 Å². The zero-order valence-corrected chi connectivity index (χ0v) is 19.8. The number of benzene rings is 2. The molecule has 1 aromatic heterocycles. The molecule has 3 aromatic rings. The van der Waals surface area contributed by atoms with Gasteiger partial charge in [0.1, 0.15) is 11.5 Å². The molecule has 0 bridgehead atoms. The first kappa shape index (κ1) is 22.6. The van der Waals surface area contributed by atoms with E-state index < -0.39 is 0 Å². The number of ether oxygens (including phenoxy) is 3. The lowest BCUT2D eigenvalue weighted by Gasteiger charge is -2.40. The van der Waals surface area contributed by atoms with Gasteiger partial charge in [-0.05, 0) is 65.2 Å². The summed E-state index contributed by atoms with van der Waals surface area (Å²) in [6, 6.07) is 16.5. The highest BCUT2D eigenvalue weighted by Gasteiger charge is 2.31. The minimum absolute atomic E-state index is 0.0414. The minimum Gasteiger partial charge on any atom is -0.497 e. The Labute approximate surface area is 200 Å². The zero-order valence-electron chi connectivity index (χ0n) is 19.8. The molecule has 0 saturated carbocycles. The van der Waals surface area contributed by atoms with Crippen LogP contribution in [0.15, 0.2) is 48.5 Å². The molecule has 0 aliphatic carbocycles. The van der Waals surface area contributed by atoms with E-state index in [4.69, 9.17) is 14.2 Å². The van der Waals surface area contributed by atoms with Crippen LogP contribution < -0.4 is 14.4 Å². The van der Waals surface area contributed by atoms with Crippen molar-refractivity contribution in [3.8, 4) is 11.5 Å². The van der Waals surface area contributed by atoms with Crippen LogP contribution in [0.2, 0.25) is 0 Å². The maximum absolute atomic E-state index is 5.86. The number of hydrogen-bond donors (Lipinski definition) is 0. The summed E-state index contributed by atoms with van der Waals surface area (Å²) in [4.78, 5) is 4.88. The number of aromatic nitrogens is 4. The smallest absolute Gasteiger partial charge is 0.173 e. The molecule has 0 spiro atoms. The first-order chi connectivity index (χ1) is 16.7. The molecule has 2 fully saturated rings. The molecule has 0 amide bonds. The van der Waals surface area contributed by atoms with E-state index in [1.807, 2.05) is 28.9 Å². The van der Waals surface area contributed by atoms with Gasteiger partial charge in [0, 0.05) is 38.5 Å². The molecule has 2 saturated heterocycles. The molecule has 0 unspecified atom stereocenters. The first-order valence-electron chi connectivity index (χ1n) is 11.9. The van der Waals surface area contributed by atoms with Crippen molar-refractivity contribution < 1.29 is 14.2 Å². The summed E-state index contributed by atoms with van der Waals surface area (Å²) in [5, 5.41) is 12.9. The molecule has 2 aliphatic heterocycles. The number of tetrazole rings is 1. The van der Waals surface area contributed by atoms with Crippen molar-refractivity contribution in [2.45, 2.75) is 31.5 Å². The molecule has 5 rings (SSSR count). The molecule has 180 valence electrons. The standard InChI is InChI=1S/C25H32N6O3/c1-32-21-9-5-19(6-10-21)24(25-26-27-28-31(25)18-23-4-3-17-34-23)30-15-13-29(14-16-30)20-7-11-22(33-2)12-8-20/h5-12,23-24H,3-4,13-18H2,1-2H3/t23-,24-/m1/s1. The summed E-state index contributed by atoms with van der Waals surface area (Å²) >= 11 is 0. The van der Waals surface area contributed by atoms with Gasteiger partial charge < -0.3 is 19.1 Å². The van der Waals surface area contributed by atoms with E-state index in [2.05, 4.69) is 49.6 Å². The van der Waals surface area contributed by atoms with Gasteiger partial charge in [0.25, 0.3) is 0 Å². The van der Waals surface area contributed by atoms with Gasteiger partial charge in [0.2, 0.25) is 0 Å². The Bertz CT molecular complexity index is 1040. The summed E-state index contributed by atoms with van der Waals surface area (Å²) in [5.74, 6) is 2.57. The predicted octanol–water partition coefficient (Wildman–Crippen LogP) is 2.78. The fourth-order valence-corrected chi connectivity index (χ4v) is 4.86. The van der Waals surface area contributed by atoms with Crippen molar-refractivity contribution in [2.75, 3.05) is 51.9 Å². The lowest BCUT2D eigenvalue weighted by Crippen LogP contribution is -2.48. The maximum Gasteiger partial charge on any atom is 0.173 e. The largest absolute Gasteiger partial charge is 0.497 e. The van der Waals surface area contributed by atoms with Crippen LogP contribution in [-0.4, -0.2) is 78.2 Å². The highest BCUT2D eigenvalue weighted by Crippen LogP contribution is 2.31.